The molecule has 0 spiro atoms. The summed E-state index contributed by atoms with van der Waals surface area (Å²) in [6.45, 7) is 21.9. The average Bonchev–Trinajstić information content (AvgIpc) is 3.69. The molecule has 3 aliphatic rings. The molecule has 3 aromatic rings. The van der Waals surface area contributed by atoms with Gasteiger partial charge >= 0.3 is 6.09 Å². The molecular weight excluding hydrogens is 747 g/mol. The lowest BCUT2D eigenvalue weighted by Gasteiger charge is -2.38. The minimum absolute atomic E-state index is 0.00508. The van der Waals surface area contributed by atoms with E-state index in [4.69, 9.17) is 28.4 Å². The molecule has 0 bridgehead atoms. The van der Waals surface area contributed by atoms with Crippen LogP contribution in [-0.2, 0) is 28.5 Å². The second-order valence-corrected chi connectivity index (χ2v) is 15.2. The van der Waals surface area contributed by atoms with Crippen molar-refractivity contribution in [2.24, 2.45) is 11.8 Å². The number of aromatic nitrogens is 2. The van der Waals surface area contributed by atoms with Crippen molar-refractivity contribution in [3.63, 3.8) is 0 Å². The third-order valence-corrected chi connectivity index (χ3v) is 10.4. The van der Waals surface area contributed by atoms with E-state index < -0.39 is 30.6 Å². The van der Waals surface area contributed by atoms with Gasteiger partial charge in [-0.15, -0.1) is 0 Å². The predicted octanol–water partition coefficient (Wildman–Crippen LogP) is 5.86. The molecule has 16 heteroatoms. The Morgan fingerprint density at radius 1 is 0.983 bits per heavy atom. The number of hydrogen-bond donors (Lipinski definition) is 4. The number of nitrogens with one attached hydrogen (secondary N) is 4. The van der Waals surface area contributed by atoms with E-state index in [0.29, 0.717) is 65.6 Å². The molecule has 2 aromatic carbocycles. The lowest BCUT2D eigenvalue weighted by Crippen LogP contribution is -2.58. The molecule has 2 saturated heterocycles. The molecule has 0 saturated carbocycles. The van der Waals surface area contributed by atoms with Crippen LogP contribution in [0.5, 0.6) is 23.0 Å². The molecule has 0 radical (unpaired) electrons. The summed E-state index contributed by atoms with van der Waals surface area (Å²) in [5, 5.41) is 9.15. The fraction of sp³-hybridized carbons (Fsp3) is 0.476. The number of amides is 3. The molecular formula is C42H55N7O9. The van der Waals surface area contributed by atoms with Crippen LogP contribution in [0.2, 0.25) is 0 Å². The Morgan fingerprint density at radius 2 is 1.67 bits per heavy atom. The molecule has 4 N–H and O–H groups in total. The summed E-state index contributed by atoms with van der Waals surface area (Å²) in [5.74, 6) is 2.18. The van der Waals surface area contributed by atoms with Crippen molar-refractivity contribution in [2.75, 3.05) is 40.2 Å². The summed E-state index contributed by atoms with van der Waals surface area (Å²) >= 11 is 0. The quantitative estimate of drug-likeness (QED) is 0.106. The summed E-state index contributed by atoms with van der Waals surface area (Å²) < 4.78 is 33.8. The molecule has 16 nitrogen and oxygen atoms in total. The number of rotatable bonds is 16. The zero-order valence-corrected chi connectivity index (χ0v) is 34.3. The predicted molar refractivity (Wildman–Crippen MR) is 215 cm³/mol. The molecule has 1 aromatic heterocycles. The van der Waals surface area contributed by atoms with E-state index in [0.717, 1.165) is 17.5 Å². The van der Waals surface area contributed by atoms with Crippen LogP contribution in [-0.4, -0.2) is 102 Å². The highest BCUT2D eigenvalue weighted by atomic mass is 16.9. The maximum Gasteiger partial charge on any atom is 0.407 e. The van der Waals surface area contributed by atoms with Crippen molar-refractivity contribution in [1.82, 2.24) is 35.7 Å². The lowest BCUT2D eigenvalue weighted by molar-refractivity contribution is -0.335. The maximum absolute atomic E-state index is 13.8. The molecule has 0 aliphatic carbocycles. The number of hydrogen-bond acceptors (Lipinski definition) is 12. The van der Waals surface area contributed by atoms with E-state index in [1.54, 1.807) is 11.1 Å². The Bertz CT molecular complexity index is 1990. The molecule has 0 unspecified atom stereocenters. The smallest absolute Gasteiger partial charge is 0.407 e. The van der Waals surface area contributed by atoms with Crippen molar-refractivity contribution < 1.29 is 42.8 Å². The number of morpholine rings is 1. The minimum atomic E-state index is -0.773. The molecule has 3 aliphatic heterocycles. The highest BCUT2D eigenvalue weighted by molar-refractivity contribution is 5.86. The number of nitrogens with zero attached hydrogens (tertiary/aromatic N) is 3. The van der Waals surface area contributed by atoms with Gasteiger partial charge in [0, 0.05) is 35.6 Å². The largest absolute Gasteiger partial charge is 0.453 e. The molecule has 4 heterocycles. The van der Waals surface area contributed by atoms with Crippen LogP contribution in [0.3, 0.4) is 0 Å². The van der Waals surface area contributed by atoms with Gasteiger partial charge in [0.2, 0.25) is 18.2 Å². The van der Waals surface area contributed by atoms with Gasteiger partial charge in [-0.2, -0.15) is 0 Å². The van der Waals surface area contributed by atoms with Crippen molar-refractivity contribution in [3.8, 4) is 34.3 Å². The van der Waals surface area contributed by atoms with E-state index in [1.165, 1.54) is 7.11 Å². The van der Waals surface area contributed by atoms with Gasteiger partial charge in [0.25, 0.3) is 0 Å². The zero-order chi connectivity index (χ0) is 41.7. The second-order valence-electron chi connectivity index (χ2n) is 15.2. The standard InChI is InChI=1S/C42H55N7O9/c1-10-15-48(39(50)37(24(4)5)47-42-55-22-56-42)27(8)25(6)44-26(7)28-11-13-32-34(18-28)57-33-14-12-29(19-35(33)58-32)30-20-43-38(45-30)31-21-54-17-16-49(31)40(51)36(23(2)3)46-41(52)53-9/h11-14,18-20,23-24,27,31,36-37,42,44,47H,6-7,10,15-17,21-22H2,1-5,8-9H3,(H,43,45)(H,46,52)/t27-,31-,36-,37-/m0/s1. The third-order valence-electron chi connectivity index (χ3n) is 10.4. The summed E-state index contributed by atoms with van der Waals surface area (Å²) in [6.07, 6.45) is 1.21. The van der Waals surface area contributed by atoms with Crippen molar-refractivity contribution in [1.29, 1.82) is 0 Å². The molecule has 58 heavy (non-hydrogen) atoms. The van der Waals surface area contributed by atoms with Crippen molar-refractivity contribution >= 4 is 23.6 Å². The van der Waals surface area contributed by atoms with Gasteiger partial charge < -0.3 is 53.8 Å². The molecule has 312 valence electrons. The Morgan fingerprint density at radius 3 is 2.31 bits per heavy atom. The number of benzene rings is 2. The first-order valence-electron chi connectivity index (χ1n) is 19.7. The van der Waals surface area contributed by atoms with Crippen LogP contribution in [0.1, 0.15) is 65.4 Å². The maximum atomic E-state index is 13.8. The number of methoxy groups -OCH3 is 1. The number of fused-ring (bicyclic) bond motifs is 2. The summed E-state index contributed by atoms with van der Waals surface area (Å²) in [4.78, 5) is 51.0. The van der Waals surface area contributed by atoms with Crippen molar-refractivity contribution in [3.05, 3.63) is 72.8 Å². The summed E-state index contributed by atoms with van der Waals surface area (Å²) in [6, 6.07) is 9.02. The van der Waals surface area contributed by atoms with E-state index in [9.17, 15) is 14.4 Å². The van der Waals surface area contributed by atoms with Gasteiger partial charge in [-0.1, -0.05) is 47.8 Å². The Kier molecular flexibility index (Phi) is 13.4. The van der Waals surface area contributed by atoms with Crippen LogP contribution in [0.4, 0.5) is 4.79 Å². The fourth-order valence-corrected chi connectivity index (χ4v) is 6.96. The first-order chi connectivity index (χ1) is 27.8. The van der Waals surface area contributed by atoms with Crippen molar-refractivity contribution in [2.45, 2.75) is 78.5 Å². The fourth-order valence-electron chi connectivity index (χ4n) is 6.96. The van der Waals surface area contributed by atoms with Crippen LogP contribution in [0.25, 0.3) is 17.0 Å². The van der Waals surface area contributed by atoms with Gasteiger partial charge in [0.15, 0.2) is 29.8 Å². The number of carbonyl (C=O) groups is 3. The van der Waals surface area contributed by atoms with Crippen LogP contribution < -0.4 is 25.4 Å². The first-order valence-corrected chi connectivity index (χ1v) is 19.7. The Labute approximate surface area is 339 Å². The minimum Gasteiger partial charge on any atom is -0.453 e. The molecule has 6 rings (SSSR count). The van der Waals surface area contributed by atoms with E-state index in [2.05, 4.69) is 39.1 Å². The molecule has 3 amide bonds. The van der Waals surface area contributed by atoms with Gasteiger partial charge in [0.1, 0.15) is 17.9 Å². The third kappa shape index (κ3) is 9.31. The normalized spacial score (nSPS) is 17.7. The van der Waals surface area contributed by atoms with Crippen LogP contribution in [0, 0.1) is 11.8 Å². The summed E-state index contributed by atoms with van der Waals surface area (Å²) in [7, 11) is 1.27. The highest BCUT2D eigenvalue weighted by Gasteiger charge is 2.37. The second kappa shape index (κ2) is 18.4. The topological polar surface area (TPSA) is 178 Å². The van der Waals surface area contributed by atoms with Gasteiger partial charge in [-0.05, 0) is 61.6 Å². The SMILES string of the molecule is C=C(NC(=C)[C@H](C)N(CCC)C(=O)[C@@H](NC1OCO1)C(C)C)c1ccc2c(c1)Oc1ccc(-c3cnc([C@@H]4COCCN4C(=O)[C@@H](NC(=O)OC)C(C)C)[nH]3)cc1O2. The van der Waals surface area contributed by atoms with Crippen LogP contribution >= 0.6 is 0 Å². The van der Waals surface area contributed by atoms with E-state index in [1.807, 2.05) is 82.8 Å². The summed E-state index contributed by atoms with van der Waals surface area (Å²) in [5.41, 5.74) is 3.47. The first kappa shape index (κ1) is 42.2. The number of alkyl carbamates (subject to hydrolysis) is 1. The van der Waals surface area contributed by atoms with E-state index >= 15 is 0 Å². The highest BCUT2D eigenvalue weighted by Crippen LogP contribution is 2.47. The monoisotopic (exact) mass is 801 g/mol. The number of carbonyl (C=O) groups excluding carboxylic acids is 3. The average molecular weight is 802 g/mol. The Hall–Kier alpha value is -5.42. The number of ether oxygens (including phenoxy) is 6. The van der Waals surface area contributed by atoms with Gasteiger partial charge in [-0.25, -0.2) is 9.78 Å². The lowest BCUT2D eigenvalue weighted by atomic mass is 10.0. The van der Waals surface area contributed by atoms with Gasteiger partial charge in [0.05, 0.1) is 44.3 Å². The number of H-pyrrole nitrogens is 1. The van der Waals surface area contributed by atoms with E-state index in [-0.39, 0.29) is 43.1 Å². The number of imidazole rings is 1. The van der Waals surface area contributed by atoms with Crippen LogP contribution in [0.15, 0.2) is 61.4 Å². The Balaban J connectivity index is 1.11. The number of aromatic amines is 1. The zero-order valence-electron chi connectivity index (χ0n) is 34.3. The molecule has 4 atom stereocenters. The van der Waals surface area contributed by atoms with Gasteiger partial charge in [-0.3, -0.25) is 14.9 Å². The molecule has 2 fully saturated rings.